The maximum absolute atomic E-state index is 15.2. The van der Waals surface area contributed by atoms with Crippen LogP contribution in [-0.2, 0) is 11.3 Å². The normalized spacial score (nSPS) is 16.2. The second-order valence-corrected chi connectivity index (χ2v) is 10.3. The molecule has 6 rings (SSSR count). The minimum Gasteiger partial charge on any atom is -0.379 e. The van der Waals surface area contributed by atoms with Crippen LogP contribution in [0, 0.1) is 18.6 Å². The van der Waals surface area contributed by atoms with Crippen molar-refractivity contribution in [3.63, 3.8) is 0 Å². The number of likely N-dealkylation sites (tertiary alicyclic amines) is 1. The van der Waals surface area contributed by atoms with Crippen molar-refractivity contribution in [3.8, 4) is 22.4 Å². The molecule has 3 heterocycles. The fourth-order valence-corrected chi connectivity index (χ4v) is 5.45. The zero-order chi connectivity index (χ0) is 26.9. The van der Waals surface area contributed by atoms with Gasteiger partial charge in [0, 0.05) is 55.0 Å². The van der Waals surface area contributed by atoms with Crippen LogP contribution in [0.2, 0.25) is 0 Å². The summed E-state index contributed by atoms with van der Waals surface area (Å²) in [5, 5.41) is 0. The number of amides is 1. The summed E-state index contributed by atoms with van der Waals surface area (Å²) in [5.74, 6) is -1.09. The van der Waals surface area contributed by atoms with E-state index in [4.69, 9.17) is 9.72 Å². The molecule has 8 heteroatoms. The Hall–Kier alpha value is -3.75. The van der Waals surface area contributed by atoms with Crippen molar-refractivity contribution < 1.29 is 18.3 Å². The van der Waals surface area contributed by atoms with Gasteiger partial charge < -0.3 is 9.64 Å². The number of ether oxygens (including phenoxy) is 1. The Morgan fingerprint density at radius 2 is 1.69 bits per heavy atom. The van der Waals surface area contributed by atoms with Crippen LogP contribution in [0.3, 0.4) is 0 Å². The van der Waals surface area contributed by atoms with Gasteiger partial charge in [0.25, 0.3) is 5.91 Å². The molecule has 0 N–H and O–H groups in total. The molecule has 1 amide bonds. The molecule has 0 saturated carbocycles. The van der Waals surface area contributed by atoms with Gasteiger partial charge in [-0.05, 0) is 61.2 Å². The van der Waals surface area contributed by atoms with Crippen molar-refractivity contribution in [2.75, 3.05) is 39.4 Å². The number of hydrogen-bond acceptors (Lipinski definition) is 5. The van der Waals surface area contributed by atoms with Gasteiger partial charge >= 0.3 is 0 Å². The Morgan fingerprint density at radius 3 is 2.41 bits per heavy atom. The van der Waals surface area contributed by atoms with Crippen LogP contribution in [0.5, 0.6) is 0 Å². The number of aromatic nitrogens is 2. The SMILES string of the molecule is Cc1cc(-c2cnc3cccc(-c4cc(F)c(CN5CCOCC5)c(F)c4)c3n2)ccc1C(=O)N1CCCC1. The second-order valence-electron chi connectivity index (χ2n) is 10.3. The van der Waals surface area contributed by atoms with Crippen LogP contribution in [0.25, 0.3) is 33.4 Å². The summed E-state index contributed by atoms with van der Waals surface area (Å²) in [6.45, 7) is 6.16. The Kier molecular flexibility index (Phi) is 7.06. The molecule has 39 heavy (non-hydrogen) atoms. The lowest BCUT2D eigenvalue weighted by atomic mass is 10.00. The van der Waals surface area contributed by atoms with E-state index in [9.17, 15) is 4.79 Å². The Labute approximate surface area is 226 Å². The molecule has 0 unspecified atom stereocenters. The molecule has 4 aromatic rings. The quantitative estimate of drug-likeness (QED) is 0.337. The number of benzene rings is 3. The first-order chi connectivity index (χ1) is 19.0. The van der Waals surface area contributed by atoms with E-state index in [1.807, 2.05) is 47.1 Å². The first-order valence-electron chi connectivity index (χ1n) is 13.4. The van der Waals surface area contributed by atoms with E-state index < -0.39 is 11.6 Å². The molecule has 0 spiro atoms. The number of para-hydroxylation sites is 1. The number of morpholine rings is 1. The predicted octanol–water partition coefficient (Wildman–Crippen LogP) is 5.62. The second kappa shape index (κ2) is 10.8. The summed E-state index contributed by atoms with van der Waals surface area (Å²) in [6.07, 6.45) is 3.78. The number of hydrogen-bond donors (Lipinski definition) is 0. The van der Waals surface area contributed by atoms with Crippen molar-refractivity contribution in [1.29, 1.82) is 0 Å². The van der Waals surface area contributed by atoms with Crippen LogP contribution in [0.15, 0.2) is 54.7 Å². The standard InChI is InChI=1S/C31H30F2N4O2/c1-20-15-21(7-8-23(20)31(38)37-9-2-3-10-37)29-18-34-28-6-4-5-24(30(28)35-29)22-16-26(32)25(27(33)17-22)19-36-11-13-39-14-12-36/h4-8,15-18H,2-3,9-14,19H2,1H3. The number of rotatable bonds is 5. The molecule has 200 valence electrons. The maximum atomic E-state index is 15.2. The largest absolute Gasteiger partial charge is 0.379 e. The van der Waals surface area contributed by atoms with Gasteiger partial charge in [-0.3, -0.25) is 14.7 Å². The van der Waals surface area contributed by atoms with E-state index >= 15 is 8.78 Å². The number of aryl methyl sites for hydroxylation is 1. The van der Waals surface area contributed by atoms with Crippen molar-refractivity contribution in [3.05, 3.63) is 83.1 Å². The minimum atomic E-state index is -0.577. The fourth-order valence-electron chi connectivity index (χ4n) is 5.45. The highest BCUT2D eigenvalue weighted by Gasteiger charge is 2.22. The van der Waals surface area contributed by atoms with Gasteiger partial charge in [-0.1, -0.05) is 18.2 Å². The lowest BCUT2D eigenvalue weighted by Gasteiger charge is -2.27. The van der Waals surface area contributed by atoms with Crippen LogP contribution in [0.4, 0.5) is 8.78 Å². The molecular formula is C31H30F2N4O2. The fraction of sp³-hybridized carbons (Fsp3) is 0.323. The molecule has 2 fully saturated rings. The first kappa shape index (κ1) is 25.5. The smallest absolute Gasteiger partial charge is 0.254 e. The summed E-state index contributed by atoms with van der Waals surface area (Å²) in [5.41, 5.74) is 5.29. The van der Waals surface area contributed by atoms with E-state index in [0.717, 1.165) is 37.1 Å². The first-order valence-corrected chi connectivity index (χ1v) is 13.4. The molecule has 1 aromatic heterocycles. The van der Waals surface area contributed by atoms with Crippen LogP contribution in [-0.4, -0.2) is 65.1 Å². The van der Waals surface area contributed by atoms with E-state index in [0.29, 0.717) is 59.7 Å². The lowest BCUT2D eigenvalue weighted by molar-refractivity contribution is 0.0332. The number of carbonyl (C=O) groups excluding carboxylic acids is 1. The van der Waals surface area contributed by atoms with Gasteiger partial charge in [0.05, 0.1) is 36.1 Å². The number of carbonyl (C=O) groups is 1. The molecule has 2 aliphatic rings. The molecular weight excluding hydrogens is 498 g/mol. The predicted molar refractivity (Wildman–Crippen MR) is 146 cm³/mol. The Morgan fingerprint density at radius 1 is 0.949 bits per heavy atom. The maximum Gasteiger partial charge on any atom is 0.254 e. The monoisotopic (exact) mass is 528 g/mol. The molecule has 6 nitrogen and oxygen atoms in total. The molecule has 2 aliphatic heterocycles. The van der Waals surface area contributed by atoms with Gasteiger partial charge in [-0.25, -0.2) is 13.8 Å². The average Bonchev–Trinajstić information content (AvgIpc) is 3.50. The minimum absolute atomic E-state index is 0.0598. The highest BCUT2D eigenvalue weighted by atomic mass is 19.1. The van der Waals surface area contributed by atoms with E-state index in [1.54, 1.807) is 12.3 Å². The van der Waals surface area contributed by atoms with Gasteiger partial charge in [0.15, 0.2) is 0 Å². The zero-order valence-corrected chi connectivity index (χ0v) is 21.9. The summed E-state index contributed by atoms with van der Waals surface area (Å²) in [7, 11) is 0. The molecule has 0 bridgehead atoms. The lowest BCUT2D eigenvalue weighted by Crippen LogP contribution is -2.36. The van der Waals surface area contributed by atoms with Crippen LogP contribution >= 0.6 is 0 Å². The highest BCUT2D eigenvalue weighted by molar-refractivity contribution is 5.97. The van der Waals surface area contributed by atoms with Crippen molar-refractivity contribution in [2.24, 2.45) is 0 Å². The van der Waals surface area contributed by atoms with Crippen molar-refractivity contribution in [1.82, 2.24) is 19.8 Å². The summed E-state index contributed by atoms with van der Waals surface area (Å²) in [6, 6.07) is 13.9. The zero-order valence-electron chi connectivity index (χ0n) is 21.9. The van der Waals surface area contributed by atoms with Gasteiger partial charge in [0.2, 0.25) is 0 Å². The average molecular weight is 529 g/mol. The molecule has 0 radical (unpaired) electrons. The summed E-state index contributed by atoms with van der Waals surface area (Å²) >= 11 is 0. The van der Waals surface area contributed by atoms with Gasteiger partial charge in [-0.15, -0.1) is 0 Å². The molecule has 0 atom stereocenters. The van der Waals surface area contributed by atoms with E-state index in [-0.39, 0.29) is 18.0 Å². The van der Waals surface area contributed by atoms with Crippen LogP contribution < -0.4 is 0 Å². The number of halogens is 2. The van der Waals surface area contributed by atoms with E-state index in [2.05, 4.69) is 4.98 Å². The Bertz CT molecular complexity index is 1520. The molecule has 2 saturated heterocycles. The summed E-state index contributed by atoms with van der Waals surface area (Å²) in [4.78, 5) is 26.3. The topological polar surface area (TPSA) is 58.6 Å². The van der Waals surface area contributed by atoms with Crippen molar-refractivity contribution in [2.45, 2.75) is 26.3 Å². The third-order valence-corrected chi connectivity index (χ3v) is 7.66. The van der Waals surface area contributed by atoms with Crippen molar-refractivity contribution >= 4 is 16.9 Å². The summed E-state index contributed by atoms with van der Waals surface area (Å²) < 4.78 is 35.7. The number of nitrogens with zero attached hydrogens (tertiary/aromatic N) is 4. The van der Waals surface area contributed by atoms with Gasteiger partial charge in [-0.2, -0.15) is 0 Å². The molecule has 0 aliphatic carbocycles. The third kappa shape index (κ3) is 5.14. The highest BCUT2D eigenvalue weighted by Crippen LogP contribution is 2.32. The molecule has 3 aromatic carbocycles. The third-order valence-electron chi connectivity index (χ3n) is 7.66. The Balaban J connectivity index is 1.33. The van der Waals surface area contributed by atoms with Gasteiger partial charge in [0.1, 0.15) is 11.6 Å². The van der Waals surface area contributed by atoms with E-state index in [1.165, 1.54) is 12.1 Å². The van der Waals surface area contributed by atoms with Crippen LogP contribution in [0.1, 0.15) is 34.3 Å². The number of fused-ring (bicyclic) bond motifs is 1.